The predicted molar refractivity (Wildman–Crippen MR) is 105 cm³/mol. The van der Waals surface area contributed by atoms with E-state index >= 15 is 0 Å². The Morgan fingerprint density at radius 1 is 1.07 bits per heavy atom. The second-order valence-electron chi connectivity index (χ2n) is 6.77. The van der Waals surface area contributed by atoms with Gasteiger partial charge in [0.1, 0.15) is 5.82 Å². The van der Waals surface area contributed by atoms with E-state index in [2.05, 4.69) is 5.32 Å². The Morgan fingerprint density at radius 2 is 1.75 bits per heavy atom. The first-order valence-electron chi connectivity index (χ1n) is 9.15. The molecule has 28 heavy (non-hydrogen) atoms. The van der Waals surface area contributed by atoms with Gasteiger partial charge in [0.15, 0.2) is 0 Å². The molecular formula is C21H22FN3O3. The molecule has 7 heteroatoms. The van der Waals surface area contributed by atoms with E-state index in [-0.39, 0.29) is 30.1 Å². The van der Waals surface area contributed by atoms with Gasteiger partial charge in [-0.15, -0.1) is 0 Å². The molecule has 1 fully saturated rings. The van der Waals surface area contributed by atoms with Gasteiger partial charge in [-0.2, -0.15) is 0 Å². The minimum absolute atomic E-state index is 0.0971. The average molecular weight is 383 g/mol. The molecule has 1 N–H and O–H groups in total. The summed E-state index contributed by atoms with van der Waals surface area (Å²) >= 11 is 0. The topological polar surface area (TPSA) is 69.7 Å². The summed E-state index contributed by atoms with van der Waals surface area (Å²) in [7, 11) is 1.54. The largest absolute Gasteiger partial charge is 0.332 e. The maximum Gasteiger partial charge on any atom is 0.254 e. The van der Waals surface area contributed by atoms with Gasteiger partial charge < -0.3 is 15.1 Å². The van der Waals surface area contributed by atoms with Gasteiger partial charge in [0.2, 0.25) is 11.8 Å². The molecule has 0 radical (unpaired) electrons. The molecule has 0 unspecified atom stereocenters. The second-order valence-corrected chi connectivity index (χ2v) is 6.77. The van der Waals surface area contributed by atoms with Gasteiger partial charge in [0, 0.05) is 37.0 Å². The van der Waals surface area contributed by atoms with Crippen LogP contribution in [0.25, 0.3) is 0 Å². The number of hydrogen-bond donors (Lipinski definition) is 1. The molecule has 2 aromatic carbocycles. The maximum atomic E-state index is 12.9. The molecule has 3 amide bonds. The lowest BCUT2D eigenvalue weighted by atomic mass is 10.1. The van der Waals surface area contributed by atoms with Crippen LogP contribution < -0.4 is 10.2 Å². The molecule has 1 aliphatic rings. The molecule has 146 valence electrons. The number of carbonyl (C=O) groups excluding carboxylic acids is 3. The van der Waals surface area contributed by atoms with Crippen molar-refractivity contribution in [3.63, 3.8) is 0 Å². The van der Waals surface area contributed by atoms with Crippen LogP contribution in [0.15, 0.2) is 48.5 Å². The van der Waals surface area contributed by atoms with Crippen LogP contribution in [0.5, 0.6) is 0 Å². The van der Waals surface area contributed by atoms with E-state index in [4.69, 9.17) is 0 Å². The Kier molecular flexibility index (Phi) is 6.03. The maximum absolute atomic E-state index is 12.9. The summed E-state index contributed by atoms with van der Waals surface area (Å²) in [5.74, 6) is -0.969. The molecule has 3 rings (SSSR count). The smallest absolute Gasteiger partial charge is 0.254 e. The van der Waals surface area contributed by atoms with Crippen LogP contribution in [0.1, 0.15) is 29.6 Å². The summed E-state index contributed by atoms with van der Waals surface area (Å²) in [5, 5.41) is 2.62. The van der Waals surface area contributed by atoms with Gasteiger partial charge in [0.05, 0.1) is 6.54 Å². The third-order valence-corrected chi connectivity index (χ3v) is 4.60. The number of likely N-dealkylation sites (N-methyl/N-ethyl adjacent to an activating group) is 1. The number of rotatable bonds is 5. The lowest BCUT2D eigenvalue weighted by molar-refractivity contribution is -0.119. The van der Waals surface area contributed by atoms with Crippen molar-refractivity contribution in [3.8, 4) is 0 Å². The van der Waals surface area contributed by atoms with Crippen molar-refractivity contribution >= 4 is 29.1 Å². The minimum atomic E-state index is -0.389. The van der Waals surface area contributed by atoms with E-state index in [0.717, 1.165) is 18.5 Å². The molecule has 0 atom stereocenters. The zero-order valence-corrected chi connectivity index (χ0v) is 15.7. The molecular weight excluding hydrogens is 361 g/mol. The van der Waals surface area contributed by atoms with Crippen LogP contribution in [0.2, 0.25) is 0 Å². The minimum Gasteiger partial charge on any atom is -0.332 e. The van der Waals surface area contributed by atoms with E-state index < -0.39 is 0 Å². The molecule has 0 aromatic heterocycles. The highest BCUT2D eigenvalue weighted by molar-refractivity contribution is 6.00. The number of amides is 3. The summed E-state index contributed by atoms with van der Waals surface area (Å²) in [5.41, 5.74) is 1.67. The average Bonchev–Trinajstić information content (AvgIpc) is 2.69. The molecule has 0 aliphatic carbocycles. The Labute approximate surface area is 162 Å². The van der Waals surface area contributed by atoms with Gasteiger partial charge in [-0.05, 0) is 61.4 Å². The van der Waals surface area contributed by atoms with Gasteiger partial charge in [-0.1, -0.05) is 0 Å². The molecule has 1 saturated heterocycles. The van der Waals surface area contributed by atoms with E-state index in [1.54, 1.807) is 29.2 Å². The number of benzene rings is 2. The number of nitrogens with zero attached hydrogens (tertiary/aromatic N) is 2. The number of halogens is 1. The predicted octanol–water partition coefficient (Wildman–Crippen LogP) is 3.05. The first-order valence-corrected chi connectivity index (χ1v) is 9.15. The number of carbonyl (C=O) groups is 3. The van der Waals surface area contributed by atoms with Gasteiger partial charge in [-0.3, -0.25) is 14.4 Å². The molecule has 0 saturated carbocycles. The van der Waals surface area contributed by atoms with Crippen molar-refractivity contribution in [1.29, 1.82) is 0 Å². The third kappa shape index (κ3) is 4.73. The number of piperidine rings is 1. The first kappa shape index (κ1) is 19.5. The Morgan fingerprint density at radius 3 is 2.39 bits per heavy atom. The Bertz CT molecular complexity index is 865. The Hall–Kier alpha value is -3.22. The van der Waals surface area contributed by atoms with Gasteiger partial charge >= 0.3 is 0 Å². The number of nitrogens with one attached hydrogen (secondary N) is 1. The van der Waals surface area contributed by atoms with Gasteiger partial charge in [-0.25, -0.2) is 4.39 Å². The fourth-order valence-electron chi connectivity index (χ4n) is 3.10. The Balaban J connectivity index is 1.58. The quantitative estimate of drug-likeness (QED) is 0.863. The summed E-state index contributed by atoms with van der Waals surface area (Å²) < 4.78 is 12.9. The van der Waals surface area contributed by atoms with E-state index in [1.165, 1.54) is 36.2 Å². The van der Waals surface area contributed by atoms with Crippen molar-refractivity contribution in [1.82, 2.24) is 4.90 Å². The monoisotopic (exact) mass is 383 g/mol. The standard InChI is InChI=1S/C21H22FN3O3/c1-24(14-19(26)23-17-9-7-16(22)8-10-17)21(28)15-5-11-18(12-6-15)25-13-3-2-4-20(25)27/h5-12H,2-4,13-14H2,1H3,(H,23,26). The van der Waals surface area contributed by atoms with Crippen LogP contribution in [0.4, 0.5) is 15.8 Å². The van der Waals surface area contributed by atoms with E-state index in [9.17, 15) is 18.8 Å². The van der Waals surface area contributed by atoms with E-state index in [1.807, 2.05) is 0 Å². The summed E-state index contributed by atoms with van der Waals surface area (Å²) in [6.45, 7) is 0.554. The van der Waals surface area contributed by atoms with Crippen LogP contribution in [0, 0.1) is 5.82 Å². The molecule has 1 aliphatic heterocycles. The molecule has 1 heterocycles. The second kappa shape index (κ2) is 8.65. The SMILES string of the molecule is CN(CC(=O)Nc1ccc(F)cc1)C(=O)c1ccc(N2CCCCC2=O)cc1. The fraction of sp³-hybridized carbons (Fsp3) is 0.286. The highest BCUT2D eigenvalue weighted by Gasteiger charge is 2.20. The van der Waals surface area contributed by atoms with Crippen molar-refractivity contribution in [3.05, 3.63) is 59.9 Å². The number of hydrogen-bond acceptors (Lipinski definition) is 3. The normalized spacial score (nSPS) is 13.9. The fourth-order valence-corrected chi connectivity index (χ4v) is 3.10. The summed E-state index contributed by atoms with van der Waals surface area (Å²) in [6, 6.07) is 12.2. The van der Waals surface area contributed by atoms with E-state index in [0.29, 0.717) is 24.2 Å². The summed E-state index contributed by atoms with van der Waals surface area (Å²) in [4.78, 5) is 39.7. The molecule has 0 spiro atoms. The van der Waals surface area contributed by atoms with Crippen LogP contribution >= 0.6 is 0 Å². The molecule has 6 nitrogen and oxygen atoms in total. The lowest BCUT2D eigenvalue weighted by Gasteiger charge is -2.27. The van der Waals surface area contributed by atoms with Crippen molar-refractivity contribution in [2.75, 3.05) is 30.4 Å². The van der Waals surface area contributed by atoms with Gasteiger partial charge in [0.25, 0.3) is 5.91 Å². The van der Waals surface area contributed by atoms with Crippen LogP contribution in [-0.2, 0) is 9.59 Å². The third-order valence-electron chi connectivity index (χ3n) is 4.60. The zero-order valence-electron chi connectivity index (χ0n) is 15.7. The molecule has 2 aromatic rings. The molecule has 0 bridgehead atoms. The zero-order chi connectivity index (χ0) is 20.1. The van der Waals surface area contributed by atoms with Crippen LogP contribution in [0.3, 0.4) is 0 Å². The summed E-state index contributed by atoms with van der Waals surface area (Å²) in [6.07, 6.45) is 2.43. The van der Waals surface area contributed by atoms with Crippen LogP contribution in [-0.4, -0.2) is 42.8 Å². The highest BCUT2D eigenvalue weighted by atomic mass is 19.1. The van der Waals surface area contributed by atoms with Crippen molar-refractivity contribution < 1.29 is 18.8 Å². The number of anilines is 2. The van der Waals surface area contributed by atoms with Crippen molar-refractivity contribution in [2.24, 2.45) is 0 Å². The highest BCUT2D eigenvalue weighted by Crippen LogP contribution is 2.21. The lowest BCUT2D eigenvalue weighted by Crippen LogP contribution is -2.36. The first-order chi connectivity index (χ1) is 13.4. The van der Waals surface area contributed by atoms with Crippen molar-refractivity contribution in [2.45, 2.75) is 19.3 Å².